The van der Waals surface area contributed by atoms with Crippen molar-refractivity contribution in [3.63, 3.8) is 0 Å². The topological polar surface area (TPSA) is 40.5 Å². The van der Waals surface area contributed by atoms with Crippen LogP contribution >= 0.6 is 0 Å². The van der Waals surface area contributed by atoms with Crippen molar-refractivity contribution in [1.82, 2.24) is 4.90 Å². The minimum absolute atomic E-state index is 0.0602. The summed E-state index contributed by atoms with van der Waals surface area (Å²) in [4.78, 5) is 15.2. The third-order valence-corrected chi connectivity index (χ3v) is 5.16. The quantitative estimate of drug-likeness (QED) is 0.840. The Labute approximate surface area is 123 Å². The fraction of sp³-hybridized carbons (Fsp3) is 0.941. The Hall–Kier alpha value is -0.570. The first-order valence-electron chi connectivity index (χ1n) is 8.47. The molecule has 1 aliphatic carbocycles. The molecule has 2 rings (SSSR count). The predicted molar refractivity (Wildman–Crippen MR) is 81.4 cm³/mol. The lowest BCUT2D eigenvalue weighted by Gasteiger charge is -2.39. The largest absolute Gasteiger partial charge is 0.396 e. The maximum atomic E-state index is 13.1. The van der Waals surface area contributed by atoms with E-state index in [4.69, 9.17) is 5.11 Å². The van der Waals surface area contributed by atoms with Gasteiger partial charge in [0.15, 0.2) is 0 Å². The van der Waals surface area contributed by atoms with E-state index in [1.54, 1.807) is 0 Å². The normalized spacial score (nSPS) is 26.2. The highest BCUT2D eigenvalue weighted by atomic mass is 16.3. The van der Waals surface area contributed by atoms with E-state index in [2.05, 4.69) is 18.7 Å². The average molecular weight is 281 g/mol. The number of rotatable bonds is 5. The lowest BCUT2D eigenvalue weighted by Crippen LogP contribution is -2.47. The molecule has 0 aromatic rings. The SMILES string of the molecule is CC(C)CC1(C(=O)N2CCCC(CCO)C2)CCCC1. The molecular weight excluding hydrogens is 250 g/mol. The number of piperidine rings is 1. The molecule has 1 atom stereocenters. The van der Waals surface area contributed by atoms with E-state index in [1.165, 1.54) is 19.3 Å². The molecule has 1 saturated carbocycles. The first-order chi connectivity index (χ1) is 9.57. The second kappa shape index (κ2) is 6.93. The Kier molecular flexibility index (Phi) is 5.48. The van der Waals surface area contributed by atoms with Crippen LogP contribution < -0.4 is 0 Å². The maximum absolute atomic E-state index is 13.1. The molecule has 1 unspecified atom stereocenters. The van der Waals surface area contributed by atoms with Crippen molar-refractivity contribution in [2.24, 2.45) is 17.3 Å². The average Bonchev–Trinajstić information content (AvgIpc) is 2.87. The third kappa shape index (κ3) is 3.55. The highest BCUT2D eigenvalue weighted by Gasteiger charge is 2.44. The van der Waals surface area contributed by atoms with Gasteiger partial charge in [-0.25, -0.2) is 0 Å². The van der Waals surface area contributed by atoms with Crippen LogP contribution in [0.1, 0.15) is 65.2 Å². The molecule has 1 N–H and O–H groups in total. The Morgan fingerprint density at radius 1 is 1.30 bits per heavy atom. The Bertz CT molecular complexity index is 319. The van der Waals surface area contributed by atoms with Gasteiger partial charge in [0.05, 0.1) is 0 Å². The van der Waals surface area contributed by atoms with Crippen molar-refractivity contribution in [3.8, 4) is 0 Å². The van der Waals surface area contributed by atoms with E-state index in [9.17, 15) is 4.79 Å². The van der Waals surface area contributed by atoms with Gasteiger partial charge in [-0.3, -0.25) is 4.79 Å². The highest BCUT2D eigenvalue weighted by molar-refractivity contribution is 5.83. The van der Waals surface area contributed by atoms with Gasteiger partial charge in [0.1, 0.15) is 0 Å². The molecule has 1 saturated heterocycles. The van der Waals surface area contributed by atoms with E-state index in [-0.39, 0.29) is 12.0 Å². The van der Waals surface area contributed by atoms with E-state index < -0.39 is 0 Å². The van der Waals surface area contributed by atoms with Gasteiger partial charge in [0.25, 0.3) is 0 Å². The number of nitrogens with zero attached hydrogens (tertiary/aromatic N) is 1. The van der Waals surface area contributed by atoms with Crippen LogP contribution in [0.2, 0.25) is 0 Å². The molecule has 3 heteroatoms. The Morgan fingerprint density at radius 3 is 2.60 bits per heavy atom. The maximum Gasteiger partial charge on any atom is 0.228 e. The van der Waals surface area contributed by atoms with E-state index in [1.807, 2.05) is 0 Å². The first-order valence-corrected chi connectivity index (χ1v) is 8.47. The van der Waals surface area contributed by atoms with Gasteiger partial charge >= 0.3 is 0 Å². The van der Waals surface area contributed by atoms with Gasteiger partial charge < -0.3 is 10.0 Å². The predicted octanol–water partition coefficient (Wildman–Crippen LogP) is 3.21. The molecule has 2 fully saturated rings. The summed E-state index contributed by atoms with van der Waals surface area (Å²) in [6, 6.07) is 0. The molecular formula is C17H31NO2. The van der Waals surface area contributed by atoms with Crippen LogP contribution in [-0.4, -0.2) is 35.6 Å². The van der Waals surface area contributed by atoms with Gasteiger partial charge in [-0.1, -0.05) is 26.7 Å². The molecule has 0 aromatic carbocycles. The molecule has 2 aliphatic rings. The van der Waals surface area contributed by atoms with Crippen LogP contribution in [0.15, 0.2) is 0 Å². The van der Waals surface area contributed by atoms with Crippen molar-refractivity contribution < 1.29 is 9.90 Å². The van der Waals surface area contributed by atoms with Crippen LogP contribution in [0.25, 0.3) is 0 Å². The van der Waals surface area contributed by atoms with E-state index >= 15 is 0 Å². The molecule has 3 nitrogen and oxygen atoms in total. The van der Waals surface area contributed by atoms with Gasteiger partial charge in [0.2, 0.25) is 5.91 Å². The zero-order valence-electron chi connectivity index (χ0n) is 13.2. The van der Waals surface area contributed by atoms with Crippen molar-refractivity contribution >= 4 is 5.91 Å². The number of amides is 1. The number of carbonyl (C=O) groups excluding carboxylic acids is 1. The van der Waals surface area contributed by atoms with Crippen molar-refractivity contribution in [2.45, 2.75) is 65.2 Å². The molecule has 1 aliphatic heterocycles. The first kappa shape index (κ1) is 15.8. The molecule has 0 aromatic heterocycles. The number of hydrogen-bond donors (Lipinski definition) is 1. The number of aliphatic hydroxyl groups excluding tert-OH is 1. The van der Waals surface area contributed by atoms with Crippen LogP contribution in [-0.2, 0) is 4.79 Å². The van der Waals surface area contributed by atoms with Crippen molar-refractivity contribution in [1.29, 1.82) is 0 Å². The van der Waals surface area contributed by atoms with Gasteiger partial charge in [-0.2, -0.15) is 0 Å². The Morgan fingerprint density at radius 2 is 2.00 bits per heavy atom. The van der Waals surface area contributed by atoms with Crippen LogP contribution in [0, 0.1) is 17.3 Å². The summed E-state index contributed by atoms with van der Waals surface area (Å²) in [5, 5.41) is 9.12. The summed E-state index contributed by atoms with van der Waals surface area (Å²) < 4.78 is 0. The standard InChI is InChI=1S/C17H31NO2/c1-14(2)12-17(8-3-4-9-17)16(20)18-10-5-6-15(13-18)7-11-19/h14-15,19H,3-13H2,1-2H3. The number of aliphatic hydroxyl groups is 1. The molecule has 0 radical (unpaired) electrons. The monoisotopic (exact) mass is 281 g/mol. The molecule has 1 heterocycles. The molecule has 0 spiro atoms. The molecule has 116 valence electrons. The van der Waals surface area contributed by atoms with Crippen LogP contribution in [0.4, 0.5) is 0 Å². The second-order valence-electron chi connectivity index (χ2n) is 7.36. The van der Waals surface area contributed by atoms with Crippen LogP contribution in [0.3, 0.4) is 0 Å². The minimum atomic E-state index is -0.0602. The summed E-state index contributed by atoms with van der Waals surface area (Å²) in [5.41, 5.74) is -0.0602. The Balaban J connectivity index is 2.03. The zero-order chi connectivity index (χ0) is 14.6. The smallest absolute Gasteiger partial charge is 0.228 e. The summed E-state index contributed by atoms with van der Waals surface area (Å²) in [7, 11) is 0. The summed E-state index contributed by atoms with van der Waals surface area (Å²) in [6.45, 7) is 6.53. The third-order valence-electron chi connectivity index (χ3n) is 5.16. The fourth-order valence-corrected chi connectivity index (χ4v) is 4.34. The summed E-state index contributed by atoms with van der Waals surface area (Å²) >= 11 is 0. The van der Waals surface area contributed by atoms with E-state index in [0.29, 0.717) is 17.7 Å². The van der Waals surface area contributed by atoms with Gasteiger partial charge in [-0.15, -0.1) is 0 Å². The molecule has 1 amide bonds. The number of carbonyl (C=O) groups is 1. The fourth-order valence-electron chi connectivity index (χ4n) is 4.34. The van der Waals surface area contributed by atoms with Gasteiger partial charge in [0, 0.05) is 25.1 Å². The summed E-state index contributed by atoms with van der Waals surface area (Å²) in [5.74, 6) is 1.52. The van der Waals surface area contributed by atoms with Gasteiger partial charge in [-0.05, 0) is 50.4 Å². The number of hydrogen-bond acceptors (Lipinski definition) is 2. The number of likely N-dealkylation sites (tertiary alicyclic amines) is 1. The van der Waals surface area contributed by atoms with Crippen LogP contribution in [0.5, 0.6) is 0 Å². The lowest BCUT2D eigenvalue weighted by molar-refractivity contribution is -0.145. The van der Waals surface area contributed by atoms with E-state index in [0.717, 1.165) is 45.2 Å². The minimum Gasteiger partial charge on any atom is -0.396 e. The lowest BCUT2D eigenvalue weighted by atomic mass is 9.76. The van der Waals surface area contributed by atoms with Crippen molar-refractivity contribution in [2.75, 3.05) is 19.7 Å². The second-order valence-corrected chi connectivity index (χ2v) is 7.36. The highest BCUT2D eigenvalue weighted by Crippen LogP contribution is 2.45. The zero-order valence-corrected chi connectivity index (χ0v) is 13.2. The molecule has 20 heavy (non-hydrogen) atoms. The van der Waals surface area contributed by atoms with Crippen molar-refractivity contribution in [3.05, 3.63) is 0 Å². The molecule has 0 bridgehead atoms. The summed E-state index contributed by atoms with van der Waals surface area (Å²) in [6.07, 6.45) is 8.78.